The average molecular weight is 326 g/mol. The number of benzene rings is 1. The number of primary sulfonamides is 1. The summed E-state index contributed by atoms with van der Waals surface area (Å²) < 4.78 is 22.9. The molecule has 1 aromatic carbocycles. The molecule has 0 heterocycles. The number of carboxylic acid groups (broad SMARTS) is 1. The number of rotatable bonds is 6. The molecule has 0 aliphatic heterocycles. The maximum absolute atomic E-state index is 11.4. The zero-order valence-electron chi connectivity index (χ0n) is 12.2. The van der Waals surface area contributed by atoms with Crippen LogP contribution in [-0.4, -0.2) is 31.1 Å². The van der Waals surface area contributed by atoms with E-state index >= 15 is 0 Å². The number of hydrogen-bond acceptors (Lipinski definition) is 5. The molecule has 8 heteroatoms. The number of aryl methyl sites for hydroxylation is 1. The van der Waals surface area contributed by atoms with Crippen molar-refractivity contribution in [1.82, 2.24) is 0 Å². The molecule has 0 spiro atoms. The van der Waals surface area contributed by atoms with Gasteiger partial charge in [-0.1, -0.05) is 12.2 Å². The number of anilines is 1. The molecule has 0 amide bonds. The number of aliphatic hydroxyl groups excluding tert-OH is 1. The summed E-state index contributed by atoms with van der Waals surface area (Å²) in [5.74, 6) is -1.30. The van der Waals surface area contributed by atoms with Gasteiger partial charge in [0.25, 0.3) is 0 Å². The third-order valence-corrected chi connectivity index (χ3v) is 3.85. The Morgan fingerprint density at radius 3 is 2.50 bits per heavy atom. The molecule has 0 unspecified atom stereocenters. The third-order valence-electron chi connectivity index (χ3n) is 2.79. The lowest BCUT2D eigenvalue weighted by Crippen LogP contribution is -2.16. The van der Waals surface area contributed by atoms with Crippen LogP contribution in [0.3, 0.4) is 0 Å². The fourth-order valence-electron chi connectivity index (χ4n) is 1.77. The first-order valence-electron chi connectivity index (χ1n) is 6.32. The molecular formula is C14H18N2O5S. The van der Waals surface area contributed by atoms with Crippen LogP contribution >= 0.6 is 0 Å². The lowest BCUT2D eigenvalue weighted by molar-refractivity contribution is 0.0697. The first-order valence-corrected chi connectivity index (χ1v) is 7.87. The van der Waals surface area contributed by atoms with Crippen LogP contribution in [0.15, 0.2) is 41.0 Å². The monoisotopic (exact) mass is 326 g/mol. The molecule has 0 fully saturated rings. The van der Waals surface area contributed by atoms with Gasteiger partial charge in [0.2, 0.25) is 10.0 Å². The van der Waals surface area contributed by atoms with Crippen LogP contribution in [0.1, 0.15) is 22.8 Å². The summed E-state index contributed by atoms with van der Waals surface area (Å²) in [6.07, 6.45) is 4.81. The SMILES string of the molecule is C/C=C\C=C(/O)CNc1cc(C)c(S(N)(=O)=O)cc1C(=O)O. The van der Waals surface area contributed by atoms with E-state index in [1.54, 1.807) is 19.1 Å². The summed E-state index contributed by atoms with van der Waals surface area (Å²) in [4.78, 5) is 11.0. The number of aromatic carboxylic acids is 1. The molecule has 0 bridgehead atoms. The highest BCUT2D eigenvalue weighted by atomic mass is 32.2. The maximum atomic E-state index is 11.4. The molecule has 0 atom stereocenters. The van der Waals surface area contributed by atoms with Gasteiger partial charge in [0.15, 0.2) is 0 Å². The van der Waals surface area contributed by atoms with Gasteiger partial charge >= 0.3 is 5.97 Å². The predicted octanol–water partition coefficient (Wildman–Crippen LogP) is 1.77. The van der Waals surface area contributed by atoms with Gasteiger partial charge < -0.3 is 15.5 Å². The molecule has 120 valence electrons. The quantitative estimate of drug-likeness (QED) is 0.465. The molecule has 1 rings (SSSR count). The topological polar surface area (TPSA) is 130 Å². The predicted molar refractivity (Wildman–Crippen MR) is 83.5 cm³/mol. The Hall–Kier alpha value is -2.32. The number of allylic oxidation sites excluding steroid dienone is 3. The number of hydrogen-bond donors (Lipinski definition) is 4. The van der Waals surface area contributed by atoms with Gasteiger partial charge in [0.05, 0.1) is 17.0 Å². The van der Waals surface area contributed by atoms with Crippen molar-refractivity contribution >= 4 is 21.7 Å². The highest BCUT2D eigenvalue weighted by molar-refractivity contribution is 7.89. The minimum Gasteiger partial charge on any atom is -0.510 e. The molecular weight excluding hydrogens is 308 g/mol. The van der Waals surface area contributed by atoms with Crippen LogP contribution in [0, 0.1) is 6.92 Å². The van der Waals surface area contributed by atoms with Crippen molar-refractivity contribution in [1.29, 1.82) is 0 Å². The van der Waals surface area contributed by atoms with Gasteiger partial charge in [-0.3, -0.25) is 0 Å². The minimum absolute atomic E-state index is 0.00121. The first-order chi connectivity index (χ1) is 10.2. The number of sulfonamides is 1. The Labute approximate surface area is 128 Å². The summed E-state index contributed by atoms with van der Waals surface area (Å²) in [5, 5.41) is 26.6. The second kappa shape index (κ2) is 7.10. The maximum Gasteiger partial charge on any atom is 0.337 e. The van der Waals surface area contributed by atoms with Crippen LogP contribution < -0.4 is 10.5 Å². The number of nitrogens with two attached hydrogens (primary N) is 1. The molecule has 5 N–H and O–H groups in total. The Morgan fingerprint density at radius 2 is 2.00 bits per heavy atom. The van der Waals surface area contributed by atoms with Gasteiger partial charge in [0.1, 0.15) is 5.76 Å². The van der Waals surface area contributed by atoms with Crippen molar-refractivity contribution in [3.63, 3.8) is 0 Å². The van der Waals surface area contributed by atoms with Gasteiger partial charge in [-0.05, 0) is 37.6 Å². The van der Waals surface area contributed by atoms with E-state index in [-0.39, 0.29) is 28.5 Å². The highest BCUT2D eigenvalue weighted by Crippen LogP contribution is 2.24. The highest BCUT2D eigenvalue weighted by Gasteiger charge is 2.19. The van der Waals surface area contributed by atoms with E-state index in [9.17, 15) is 23.4 Å². The molecule has 0 saturated heterocycles. The third kappa shape index (κ3) is 4.61. The van der Waals surface area contributed by atoms with Gasteiger partial charge in [-0.2, -0.15) is 0 Å². The minimum atomic E-state index is -4.01. The Bertz CT molecular complexity index is 736. The largest absolute Gasteiger partial charge is 0.510 e. The molecule has 0 aliphatic carbocycles. The van der Waals surface area contributed by atoms with Crippen LogP contribution in [-0.2, 0) is 10.0 Å². The number of aliphatic hydroxyl groups is 1. The number of nitrogens with one attached hydrogen (secondary N) is 1. The molecule has 7 nitrogen and oxygen atoms in total. The van der Waals surface area contributed by atoms with Crippen molar-refractivity contribution in [2.75, 3.05) is 11.9 Å². The van der Waals surface area contributed by atoms with Crippen molar-refractivity contribution in [3.8, 4) is 0 Å². The molecule has 0 saturated carbocycles. The second-order valence-corrected chi connectivity index (χ2v) is 6.08. The van der Waals surface area contributed by atoms with Gasteiger partial charge in [0, 0.05) is 5.69 Å². The van der Waals surface area contributed by atoms with E-state index in [1.807, 2.05) is 0 Å². The molecule has 0 aromatic heterocycles. The smallest absolute Gasteiger partial charge is 0.337 e. The van der Waals surface area contributed by atoms with Crippen LogP contribution in [0.4, 0.5) is 5.69 Å². The molecule has 0 aliphatic rings. The zero-order chi connectivity index (χ0) is 16.9. The summed E-state index contributed by atoms with van der Waals surface area (Å²) in [6, 6.07) is 2.37. The van der Waals surface area contributed by atoms with Crippen molar-refractivity contribution in [2.24, 2.45) is 5.14 Å². The Balaban J connectivity index is 3.20. The van der Waals surface area contributed by atoms with E-state index in [0.717, 1.165) is 6.07 Å². The van der Waals surface area contributed by atoms with Crippen LogP contribution in [0.2, 0.25) is 0 Å². The van der Waals surface area contributed by atoms with Crippen molar-refractivity contribution in [3.05, 3.63) is 47.2 Å². The van der Waals surface area contributed by atoms with E-state index in [4.69, 9.17) is 5.14 Å². The molecule has 0 radical (unpaired) electrons. The van der Waals surface area contributed by atoms with E-state index in [1.165, 1.54) is 19.1 Å². The number of carboxylic acids is 1. The van der Waals surface area contributed by atoms with Crippen molar-refractivity contribution in [2.45, 2.75) is 18.7 Å². The standard InChI is InChI=1S/C14H18N2O5S/c1-3-4-5-10(17)8-16-12-6-9(2)13(22(15,20)21)7-11(12)14(18)19/h3-7,16-17H,8H2,1-2H3,(H,18,19)(H2,15,20,21)/b4-3-,10-5-. The Morgan fingerprint density at radius 1 is 1.36 bits per heavy atom. The Kier molecular flexibility index (Phi) is 5.72. The fourth-order valence-corrected chi connectivity index (χ4v) is 2.56. The van der Waals surface area contributed by atoms with E-state index in [2.05, 4.69) is 5.32 Å². The fraction of sp³-hybridized carbons (Fsp3) is 0.214. The lowest BCUT2D eigenvalue weighted by Gasteiger charge is -2.13. The zero-order valence-corrected chi connectivity index (χ0v) is 13.0. The number of carbonyl (C=O) groups is 1. The molecule has 1 aromatic rings. The lowest BCUT2D eigenvalue weighted by atomic mass is 10.1. The average Bonchev–Trinajstić information content (AvgIpc) is 2.40. The van der Waals surface area contributed by atoms with E-state index in [0.29, 0.717) is 5.56 Å². The summed E-state index contributed by atoms with van der Waals surface area (Å²) in [6.45, 7) is 3.29. The van der Waals surface area contributed by atoms with Crippen LogP contribution in [0.25, 0.3) is 0 Å². The van der Waals surface area contributed by atoms with Crippen molar-refractivity contribution < 1.29 is 23.4 Å². The van der Waals surface area contributed by atoms with E-state index < -0.39 is 16.0 Å². The first kappa shape index (κ1) is 17.7. The van der Waals surface area contributed by atoms with Crippen LogP contribution in [0.5, 0.6) is 0 Å². The summed E-state index contributed by atoms with van der Waals surface area (Å²) in [7, 11) is -4.01. The van der Waals surface area contributed by atoms with Gasteiger partial charge in [-0.15, -0.1) is 0 Å². The van der Waals surface area contributed by atoms with Gasteiger partial charge in [-0.25, -0.2) is 18.4 Å². The summed E-state index contributed by atoms with van der Waals surface area (Å²) in [5.41, 5.74) is 0.262. The second-order valence-electron chi connectivity index (χ2n) is 4.55. The normalized spacial score (nSPS) is 12.6. The summed E-state index contributed by atoms with van der Waals surface area (Å²) >= 11 is 0. The molecule has 22 heavy (non-hydrogen) atoms.